The largest absolute Gasteiger partial charge is 0.463 e. The number of ether oxygens (including phenoxy) is 6. The van der Waals surface area contributed by atoms with Gasteiger partial charge in [-0.2, -0.15) is 0 Å². The van der Waals surface area contributed by atoms with Crippen LogP contribution in [-0.2, 0) is 52.4 Å². The third kappa shape index (κ3) is 7.21. The Labute approximate surface area is 155 Å². The van der Waals surface area contributed by atoms with Gasteiger partial charge in [0.25, 0.3) is 0 Å². The van der Waals surface area contributed by atoms with Gasteiger partial charge in [-0.15, -0.1) is 0 Å². The highest BCUT2D eigenvalue weighted by molar-refractivity contribution is 5.69. The molecule has 1 fully saturated rings. The lowest BCUT2D eigenvalue weighted by Crippen LogP contribution is -2.63. The fourth-order valence-electron chi connectivity index (χ4n) is 2.45. The molecule has 1 aliphatic rings. The lowest BCUT2D eigenvalue weighted by atomic mass is 9.98. The van der Waals surface area contributed by atoms with Crippen molar-refractivity contribution in [2.75, 3.05) is 6.61 Å². The lowest BCUT2D eigenvalue weighted by molar-refractivity contribution is -0.300. The Hall–Kier alpha value is -2.69. The summed E-state index contributed by atoms with van der Waals surface area (Å²) in [5, 5.41) is 0. The van der Waals surface area contributed by atoms with E-state index in [1.807, 2.05) is 0 Å². The zero-order valence-electron chi connectivity index (χ0n) is 15.6. The third-order valence-electron chi connectivity index (χ3n) is 3.23. The molecule has 0 radical (unpaired) electrons. The van der Waals surface area contributed by atoms with Gasteiger partial charge in [-0.3, -0.25) is 24.0 Å². The molecule has 0 amide bonds. The summed E-state index contributed by atoms with van der Waals surface area (Å²) in [6.07, 6.45) is -6.70. The highest BCUT2D eigenvalue weighted by atomic mass is 16.7. The van der Waals surface area contributed by atoms with Gasteiger partial charge in [0.05, 0.1) is 0 Å². The van der Waals surface area contributed by atoms with E-state index in [1.54, 1.807) is 0 Å². The Bertz CT molecular complexity index is 599. The van der Waals surface area contributed by atoms with Crippen LogP contribution >= 0.6 is 0 Å². The average Bonchev–Trinajstić information content (AvgIpc) is 2.49. The maximum absolute atomic E-state index is 11.5. The first kappa shape index (κ1) is 22.4. The van der Waals surface area contributed by atoms with Crippen molar-refractivity contribution >= 4 is 29.8 Å². The molecular formula is C16H22O11. The van der Waals surface area contributed by atoms with E-state index in [-0.39, 0.29) is 0 Å². The van der Waals surface area contributed by atoms with E-state index >= 15 is 0 Å². The summed E-state index contributed by atoms with van der Waals surface area (Å²) < 4.78 is 30.8. The maximum atomic E-state index is 11.5. The van der Waals surface area contributed by atoms with Crippen LogP contribution < -0.4 is 0 Å². The number of carbonyl (C=O) groups is 5. The van der Waals surface area contributed by atoms with Crippen LogP contribution in [0, 0.1) is 0 Å². The second kappa shape index (κ2) is 9.86. The second-order valence-electron chi connectivity index (χ2n) is 5.68. The molecule has 1 heterocycles. The Morgan fingerprint density at radius 2 is 1.07 bits per heavy atom. The smallest absolute Gasteiger partial charge is 0.305 e. The first-order valence-corrected chi connectivity index (χ1v) is 7.99. The summed E-state index contributed by atoms with van der Waals surface area (Å²) in [4.78, 5) is 57.0. The minimum Gasteiger partial charge on any atom is -0.463 e. The second-order valence-corrected chi connectivity index (χ2v) is 5.68. The van der Waals surface area contributed by atoms with Crippen molar-refractivity contribution in [1.29, 1.82) is 0 Å². The van der Waals surface area contributed by atoms with Gasteiger partial charge < -0.3 is 28.4 Å². The van der Waals surface area contributed by atoms with E-state index in [0.717, 1.165) is 34.6 Å². The van der Waals surface area contributed by atoms with Gasteiger partial charge in [0.15, 0.2) is 12.2 Å². The SMILES string of the molecule is CC(=O)OCC1O[C@H](OC(C)=O)[C@@H](OC(C)=O)[C@H](OC(C)=O)C1OC(C)=O. The van der Waals surface area contributed by atoms with E-state index in [4.69, 9.17) is 28.4 Å². The summed E-state index contributed by atoms with van der Waals surface area (Å²) in [7, 11) is 0. The summed E-state index contributed by atoms with van der Waals surface area (Å²) in [6, 6.07) is 0. The van der Waals surface area contributed by atoms with E-state index in [0.29, 0.717) is 0 Å². The van der Waals surface area contributed by atoms with Crippen molar-refractivity contribution in [2.24, 2.45) is 0 Å². The summed E-state index contributed by atoms with van der Waals surface area (Å²) in [6.45, 7) is 5.13. The Morgan fingerprint density at radius 1 is 0.630 bits per heavy atom. The molecule has 1 aliphatic heterocycles. The molecule has 5 atom stereocenters. The number of carbonyl (C=O) groups excluding carboxylic acids is 5. The minimum atomic E-state index is -1.48. The third-order valence-corrected chi connectivity index (χ3v) is 3.23. The molecule has 0 saturated carbocycles. The van der Waals surface area contributed by atoms with Crippen molar-refractivity contribution < 1.29 is 52.4 Å². The van der Waals surface area contributed by atoms with Gasteiger partial charge in [0.2, 0.25) is 12.4 Å². The first-order valence-electron chi connectivity index (χ1n) is 7.99. The Kier molecular flexibility index (Phi) is 8.16. The maximum Gasteiger partial charge on any atom is 0.305 e. The molecule has 0 aromatic rings. The highest BCUT2D eigenvalue weighted by Gasteiger charge is 2.53. The summed E-state index contributed by atoms with van der Waals surface area (Å²) in [5.41, 5.74) is 0. The van der Waals surface area contributed by atoms with Crippen LogP contribution in [-0.4, -0.2) is 67.2 Å². The van der Waals surface area contributed by atoms with Gasteiger partial charge in [0, 0.05) is 34.6 Å². The molecule has 0 aliphatic carbocycles. The topological polar surface area (TPSA) is 141 Å². The van der Waals surface area contributed by atoms with Crippen LogP contribution in [0.5, 0.6) is 0 Å². The molecule has 1 saturated heterocycles. The van der Waals surface area contributed by atoms with Crippen molar-refractivity contribution in [1.82, 2.24) is 0 Å². The van der Waals surface area contributed by atoms with E-state index in [1.165, 1.54) is 0 Å². The molecule has 1 rings (SSSR count). The van der Waals surface area contributed by atoms with Gasteiger partial charge >= 0.3 is 29.8 Å². The van der Waals surface area contributed by atoms with Crippen LogP contribution in [0.1, 0.15) is 34.6 Å². The number of hydrogen-bond donors (Lipinski definition) is 0. The molecule has 0 N–H and O–H groups in total. The van der Waals surface area contributed by atoms with E-state index < -0.39 is 67.2 Å². The molecule has 0 aromatic heterocycles. The van der Waals surface area contributed by atoms with Crippen LogP contribution in [0.15, 0.2) is 0 Å². The molecular weight excluding hydrogens is 368 g/mol. The van der Waals surface area contributed by atoms with E-state index in [9.17, 15) is 24.0 Å². The Morgan fingerprint density at radius 3 is 1.52 bits per heavy atom. The average molecular weight is 390 g/mol. The zero-order valence-corrected chi connectivity index (χ0v) is 15.6. The number of hydrogen-bond acceptors (Lipinski definition) is 11. The fourth-order valence-corrected chi connectivity index (χ4v) is 2.45. The van der Waals surface area contributed by atoms with Gasteiger partial charge in [-0.25, -0.2) is 0 Å². The highest BCUT2D eigenvalue weighted by Crippen LogP contribution is 2.29. The van der Waals surface area contributed by atoms with Crippen LogP contribution in [0.4, 0.5) is 0 Å². The minimum absolute atomic E-state index is 0.393. The molecule has 11 heteroatoms. The fraction of sp³-hybridized carbons (Fsp3) is 0.688. The standard InChI is InChI=1S/C16H22O11/c1-7(17)22-6-12-13(23-8(2)18)14(24-9(3)19)15(25-10(4)20)16(27-12)26-11(5)21/h12-16H,6H2,1-5H3/t12?,13?,14-,15+,16+/m1/s1. The number of esters is 5. The molecule has 27 heavy (non-hydrogen) atoms. The molecule has 0 aromatic carbocycles. The van der Waals surface area contributed by atoms with Crippen LogP contribution in [0.3, 0.4) is 0 Å². The van der Waals surface area contributed by atoms with Crippen molar-refractivity contribution in [3.05, 3.63) is 0 Å². The van der Waals surface area contributed by atoms with Crippen LogP contribution in [0.25, 0.3) is 0 Å². The van der Waals surface area contributed by atoms with Gasteiger partial charge in [0.1, 0.15) is 12.7 Å². The predicted molar refractivity (Wildman–Crippen MR) is 83.7 cm³/mol. The Balaban J connectivity index is 3.29. The normalized spacial score (nSPS) is 27.1. The molecule has 11 nitrogen and oxygen atoms in total. The molecule has 0 bridgehead atoms. The molecule has 2 unspecified atom stereocenters. The van der Waals surface area contributed by atoms with E-state index in [2.05, 4.69) is 0 Å². The number of rotatable bonds is 6. The predicted octanol–water partition coefficient (Wildman–Crippen LogP) is -0.367. The summed E-state index contributed by atoms with van der Waals surface area (Å²) in [5.74, 6) is -3.71. The van der Waals surface area contributed by atoms with Gasteiger partial charge in [-0.1, -0.05) is 0 Å². The van der Waals surface area contributed by atoms with Crippen LogP contribution in [0.2, 0.25) is 0 Å². The quantitative estimate of drug-likeness (QED) is 0.433. The first-order chi connectivity index (χ1) is 12.5. The summed E-state index contributed by atoms with van der Waals surface area (Å²) >= 11 is 0. The zero-order chi connectivity index (χ0) is 20.7. The molecule has 152 valence electrons. The lowest BCUT2D eigenvalue weighted by Gasteiger charge is -2.43. The van der Waals surface area contributed by atoms with Crippen molar-refractivity contribution in [3.8, 4) is 0 Å². The van der Waals surface area contributed by atoms with Gasteiger partial charge in [-0.05, 0) is 0 Å². The monoisotopic (exact) mass is 390 g/mol. The van der Waals surface area contributed by atoms with Crippen molar-refractivity contribution in [3.63, 3.8) is 0 Å². The molecule has 0 spiro atoms. The van der Waals surface area contributed by atoms with Crippen molar-refractivity contribution in [2.45, 2.75) is 65.3 Å².